The van der Waals surface area contributed by atoms with Crippen molar-refractivity contribution in [2.45, 2.75) is 51.0 Å². The summed E-state index contributed by atoms with van der Waals surface area (Å²) in [6.45, 7) is 0.646. The summed E-state index contributed by atoms with van der Waals surface area (Å²) in [5, 5.41) is 5.92. The van der Waals surface area contributed by atoms with Crippen LogP contribution in [0.25, 0.3) is 11.1 Å². The average molecular weight is 767 g/mol. The number of carbonyl (C=O) groups is 4. The van der Waals surface area contributed by atoms with Crippen LogP contribution in [0, 0.1) is 0 Å². The number of benzene rings is 4. The van der Waals surface area contributed by atoms with E-state index in [1.54, 1.807) is 36.4 Å². The fraction of sp³-hybridized carbons (Fsp3) is 0.333. The monoisotopic (exact) mass is 766 g/mol. The van der Waals surface area contributed by atoms with Crippen molar-refractivity contribution in [3.8, 4) is 22.6 Å². The molecular formula is C42H46N4O10. The second kappa shape index (κ2) is 19.5. The number of nitrogens with one attached hydrogen (secondary N) is 2. The van der Waals surface area contributed by atoms with Gasteiger partial charge in [-0.1, -0.05) is 84.9 Å². The van der Waals surface area contributed by atoms with Gasteiger partial charge in [0.25, 0.3) is 0 Å². The molecular weight excluding hydrogens is 720 g/mol. The van der Waals surface area contributed by atoms with E-state index in [4.69, 9.17) is 28.4 Å². The first-order chi connectivity index (χ1) is 27.4. The van der Waals surface area contributed by atoms with Crippen molar-refractivity contribution < 1.29 is 47.6 Å². The van der Waals surface area contributed by atoms with Crippen LogP contribution in [0.5, 0.6) is 11.5 Å². The van der Waals surface area contributed by atoms with Crippen LogP contribution in [-0.4, -0.2) is 86.8 Å². The highest BCUT2D eigenvalue weighted by Gasteiger charge is 2.37. The first kappa shape index (κ1) is 39.6. The van der Waals surface area contributed by atoms with Crippen molar-refractivity contribution in [3.05, 3.63) is 108 Å². The van der Waals surface area contributed by atoms with Crippen LogP contribution < -0.4 is 20.1 Å². The normalized spacial score (nSPS) is 16.2. The summed E-state index contributed by atoms with van der Waals surface area (Å²) in [5.74, 6) is -0.265. The zero-order chi connectivity index (χ0) is 39.3. The molecule has 2 unspecified atom stereocenters. The molecule has 14 heteroatoms. The maximum absolute atomic E-state index is 13.8. The molecule has 0 saturated carbocycles. The highest BCUT2D eigenvalue weighted by Crippen LogP contribution is 2.44. The number of likely N-dealkylation sites (tertiary alicyclic amines) is 2. The summed E-state index contributed by atoms with van der Waals surface area (Å²) in [6.07, 6.45) is 1.05. The molecule has 2 saturated heterocycles. The molecule has 0 spiro atoms. The van der Waals surface area contributed by atoms with E-state index in [2.05, 4.69) is 10.6 Å². The summed E-state index contributed by atoms with van der Waals surface area (Å²) >= 11 is 0. The van der Waals surface area contributed by atoms with E-state index < -0.39 is 36.1 Å². The van der Waals surface area contributed by atoms with Crippen molar-refractivity contribution in [1.82, 2.24) is 9.80 Å². The number of hydrogen-bond donors (Lipinski definition) is 2. The minimum Gasteiger partial charge on any atom is -0.465 e. The molecule has 56 heavy (non-hydrogen) atoms. The van der Waals surface area contributed by atoms with Gasteiger partial charge in [-0.25, -0.2) is 9.59 Å². The van der Waals surface area contributed by atoms with Crippen LogP contribution in [-0.2, 0) is 41.8 Å². The lowest BCUT2D eigenvalue weighted by molar-refractivity contribution is -0.120. The Bertz CT molecular complexity index is 1820. The zero-order valence-corrected chi connectivity index (χ0v) is 31.4. The Hall–Kier alpha value is -6.12. The van der Waals surface area contributed by atoms with Crippen molar-refractivity contribution in [1.29, 1.82) is 0 Å². The Morgan fingerprint density at radius 3 is 1.38 bits per heavy atom. The fourth-order valence-electron chi connectivity index (χ4n) is 6.79. The summed E-state index contributed by atoms with van der Waals surface area (Å²) < 4.78 is 33.8. The molecule has 294 valence electrons. The highest BCUT2D eigenvalue weighted by atomic mass is 16.7. The quantitative estimate of drug-likeness (QED) is 0.124. The van der Waals surface area contributed by atoms with Crippen LogP contribution in [0.15, 0.2) is 97.1 Å². The largest absolute Gasteiger partial charge is 0.465 e. The Balaban J connectivity index is 1.22. The van der Waals surface area contributed by atoms with Gasteiger partial charge in [0.15, 0.2) is 25.1 Å². The molecule has 4 aromatic rings. The number of ether oxygens (including phenoxy) is 6. The third kappa shape index (κ3) is 9.75. The van der Waals surface area contributed by atoms with Gasteiger partial charge in [-0.2, -0.15) is 0 Å². The molecule has 2 aliphatic rings. The number of hydrogen-bond acceptors (Lipinski definition) is 10. The second-order valence-electron chi connectivity index (χ2n) is 13.2. The van der Waals surface area contributed by atoms with Gasteiger partial charge < -0.3 is 39.1 Å². The Kier molecular flexibility index (Phi) is 13.8. The lowest BCUT2D eigenvalue weighted by atomic mass is 10.0. The summed E-state index contributed by atoms with van der Waals surface area (Å²) in [4.78, 5) is 56.7. The molecule has 0 aromatic heterocycles. The molecule has 2 N–H and O–H groups in total. The number of rotatable bonds is 15. The molecule has 2 aliphatic heterocycles. The first-order valence-electron chi connectivity index (χ1n) is 18.4. The SMILES string of the molecule is COCOc1c(NC(=O)C2CCCN2C(=O)OCc2ccccc2)cccc1-c1cccc(NC(=O)C2CCCN2C(=O)OCc2ccccc2)c1OCOC. The topological polar surface area (TPSA) is 154 Å². The number of para-hydroxylation sites is 2. The third-order valence-corrected chi connectivity index (χ3v) is 9.47. The smallest absolute Gasteiger partial charge is 0.410 e. The van der Waals surface area contributed by atoms with Crippen LogP contribution in [0.3, 0.4) is 0 Å². The van der Waals surface area contributed by atoms with Crippen LogP contribution in [0.2, 0.25) is 0 Å². The van der Waals surface area contributed by atoms with E-state index in [9.17, 15) is 19.2 Å². The summed E-state index contributed by atoms with van der Waals surface area (Å²) in [7, 11) is 2.96. The lowest BCUT2D eigenvalue weighted by Crippen LogP contribution is -2.43. The molecule has 0 aliphatic carbocycles. The molecule has 2 atom stereocenters. The average Bonchev–Trinajstić information content (AvgIpc) is 3.93. The van der Waals surface area contributed by atoms with Gasteiger partial charge >= 0.3 is 12.2 Å². The first-order valence-corrected chi connectivity index (χ1v) is 18.4. The van der Waals surface area contributed by atoms with Gasteiger partial charge in [0.05, 0.1) is 11.4 Å². The van der Waals surface area contributed by atoms with Crippen molar-refractivity contribution in [2.75, 3.05) is 51.5 Å². The van der Waals surface area contributed by atoms with Gasteiger partial charge in [-0.05, 0) is 48.9 Å². The Morgan fingerprint density at radius 2 is 0.982 bits per heavy atom. The maximum Gasteiger partial charge on any atom is 0.410 e. The fourth-order valence-corrected chi connectivity index (χ4v) is 6.79. The van der Waals surface area contributed by atoms with Gasteiger partial charge in [0.2, 0.25) is 11.8 Å². The molecule has 0 bridgehead atoms. The summed E-state index contributed by atoms with van der Waals surface area (Å²) in [5.41, 5.74) is 3.37. The number of amides is 4. The standard InChI is InChI=1S/C42H46N4O10/c1-51-27-55-37-31(17-9-19-33(37)43-39(47)35-21-11-23-45(35)41(49)53-25-29-13-5-3-6-14-29)32-18-10-20-34(38(32)56-28-52-2)44-40(48)36-22-12-24-46(36)42(50)54-26-30-15-7-4-8-16-30/h3-10,13-20,35-36H,11-12,21-28H2,1-2H3,(H,43,47)(H,44,48). The van der Waals surface area contributed by atoms with E-state index >= 15 is 0 Å². The second-order valence-corrected chi connectivity index (χ2v) is 13.2. The third-order valence-electron chi connectivity index (χ3n) is 9.47. The molecule has 4 amide bonds. The van der Waals surface area contributed by atoms with Crippen molar-refractivity contribution in [2.24, 2.45) is 0 Å². The predicted octanol–water partition coefficient (Wildman–Crippen LogP) is 6.80. The summed E-state index contributed by atoms with van der Waals surface area (Å²) in [6, 6.07) is 27.6. The zero-order valence-electron chi connectivity index (χ0n) is 31.4. The number of anilines is 2. The van der Waals surface area contributed by atoms with E-state index in [-0.39, 0.29) is 38.3 Å². The molecule has 2 heterocycles. The molecule has 2 fully saturated rings. The predicted molar refractivity (Wildman–Crippen MR) is 207 cm³/mol. The highest BCUT2D eigenvalue weighted by molar-refractivity contribution is 6.01. The molecule has 14 nitrogen and oxygen atoms in total. The molecule has 0 radical (unpaired) electrons. The number of methoxy groups -OCH3 is 2. The molecule has 6 rings (SSSR count). The van der Waals surface area contributed by atoms with Crippen LogP contribution in [0.4, 0.5) is 21.0 Å². The Labute approximate surface area is 325 Å². The van der Waals surface area contributed by atoms with Gasteiger partial charge in [-0.3, -0.25) is 19.4 Å². The van der Waals surface area contributed by atoms with E-state index in [0.29, 0.717) is 61.3 Å². The van der Waals surface area contributed by atoms with E-state index in [0.717, 1.165) is 11.1 Å². The van der Waals surface area contributed by atoms with Crippen LogP contribution >= 0.6 is 0 Å². The molecule has 4 aromatic carbocycles. The lowest BCUT2D eigenvalue weighted by Gasteiger charge is -2.25. The van der Waals surface area contributed by atoms with Gasteiger partial charge in [0, 0.05) is 38.4 Å². The van der Waals surface area contributed by atoms with E-state index in [1.165, 1.54) is 24.0 Å². The van der Waals surface area contributed by atoms with Gasteiger partial charge in [-0.15, -0.1) is 0 Å². The number of nitrogens with zero attached hydrogens (tertiary/aromatic N) is 2. The van der Waals surface area contributed by atoms with E-state index in [1.807, 2.05) is 60.7 Å². The minimum atomic E-state index is -0.762. The van der Waals surface area contributed by atoms with Crippen molar-refractivity contribution >= 4 is 35.4 Å². The number of carbonyl (C=O) groups excluding carboxylic acids is 4. The van der Waals surface area contributed by atoms with Crippen LogP contribution in [0.1, 0.15) is 36.8 Å². The maximum atomic E-state index is 13.8. The van der Waals surface area contributed by atoms with Crippen molar-refractivity contribution in [3.63, 3.8) is 0 Å². The Morgan fingerprint density at radius 1 is 0.571 bits per heavy atom. The van der Waals surface area contributed by atoms with Gasteiger partial charge in [0.1, 0.15) is 25.3 Å². The minimum absolute atomic E-state index is 0.0920.